The van der Waals surface area contributed by atoms with Crippen LogP contribution in [-0.2, 0) is 9.59 Å². The van der Waals surface area contributed by atoms with E-state index in [4.69, 9.17) is 92.8 Å². The monoisotopic (exact) mass is 686 g/mol. The van der Waals surface area contributed by atoms with Crippen molar-refractivity contribution in [1.82, 2.24) is 10.0 Å². The Hall–Kier alpha value is -1.22. The van der Waals surface area contributed by atoms with Crippen LogP contribution in [0.25, 0.3) is 0 Å². The Bertz CT molecular complexity index is 1450. The van der Waals surface area contributed by atoms with Crippen molar-refractivity contribution in [2.24, 2.45) is 11.8 Å². The van der Waals surface area contributed by atoms with Gasteiger partial charge in [-0.2, -0.15) is 5.01 Å². The molecule has 2 bridgehead atoms. The molecule has 6 nitrogen and oxygen atoms in total. The van der Waals surface area contributed by atoms with Gasteiger partial charge in [-0.15, -0.1) is 23.2 Å². The maximum Gasteiger partial charge on any atom is 0.275 e. The van der Waals surface area contributed by atoms with Crippen LogP contribution in [-0.4, -0.2) is 53.6 Å². The summed E-state index contributed by atoms with van der Waals surface area (Å²) in [7, 11) is 0. The number of Topliss-reactive ketones (excluding diaryl/α,β-unsaturated/α-hetero) is 1. The average Bonchev–Trinajstić information content (AvgIpc) is 3.27. The molecule has 2 aromatic carbocycles. The lowest BCUT2D eigenvalue weighted by atomic mass is 9.84. The summed E-state index contributed by atoms with van der Waals surface area (Å²) in [5.41, 5.74) is 0.0917. The SMILES string of the molecule is C[C@@H](C(=O)c1ccccc1)N(C(=O)c1ccc(Cl)cc1Cl)N1C(=O)[C@@H]2[C@H](C1=O)[C@@]1(Cl)C(Cl)=C(Cl)[C@@]2(Cl)C1(Cl)Cl. The van der Waals surface area contributed by atoms with Gasteiger partial charge in [-0.05, 0) is 25.1 Å². The Balaban J connectivity index is 1.66. The number of hydrogen-bond acceptors (Lipinski definition) is 4. The van der Waals surface area contributed by atoms with E-state index in [1.165, 1.54) is 37.3 Å². The Morgan fingerprint density at radius 3 is 1.85 bits per heavy atom. The molecule has 3 aliphatic rings. The van der Waals surface area contributed by atoms with Crippen LogP contribution in [0.2, 0.25) is 10.0 Å². The van der Waals surface area contributed by atoms with E-state index in [2.05, 4.69) is 0 Å². The Morgan fingerprint density at radius 1 is 0.846 bits per heavy atom. The van der Waals surface area contributed by atoms with Crippen molar-refractivity contribution >= 4 is 116 Å². The Kier molecular flexibility index (Phi) is 7.26. The lowest BCUT2D eigenvalue weighted by molar-refractivity contribution is -0.157. The Morgan fingerprint density at radius 2 is 1.36 bits per heavy atom. The summed E-state index contributed by atoms with van der Waals surface area (Å²) in [6.45, 7) is 1.36. The van der Waals surface area contributed by atoms with Crippen LogP contribution in [0.1, 0.15) is 27.6 Å². The number of allylic oxidation sites excluding steroid dienone is 2. The molecular weight excluding hydrogens is 676 g/mol. The molecule has 5 atom stereocenters. The molecule has 0 spiro atoms. The third-order valence-electron chi connectivity index (χ3n) is 7.28. The maximum absolute atomic E-state index is 14.0. The molecule has 2 aromatic rings. The maximum atomic E-state index is 14.0. The molecule has 3 amide bonds. The third kappa shape index (κ3) is 3.69. The minimum absolute atomic E-state index is 0.0767. The summed E-state index contributed by atoms with van der Waals surface area (Å²) < 4.78 is -2.16. The van der Waals surface area contributed by atoms with Crippen LogP contribution in [0, 0.1) is 11.8 Å². The second-order valence-electron chi connectivity index (χ2n) is 9.25. The van der Waals surface area contributed by atoms with Gasteiger partial charge in [0.05, 0.1) is 32.5 Å². The van der Waals surface area contributed by atoms with E-state index < -0.39 is 55.5 Å². The van der Waals surface area contributed by atoms with E-state index in [1.807, 2.05) is 0 Å². The number of hydrazine groups is 1. The van der Waals surface area contributed by atoms with Crippen molar-refractivity contribution in [3.63, 3.8) is 0 Å². The molecule has 0 radical (unpaired) electrons. The summed E-state index contributed by atoms with van der Waals surface area (Å²) in [5.74, 6) is -6.53. The van der Waals surface area contributed by atoms with E-state index in [9.17, 15) is 19.2 Å². The van der Waals surface area contributed by atoms with Gasteiger partial charge in [-0.1, -0.05) is 99.9 Å². The van der Waals surface area contributed by atoms with Gasteiger partial charge in [0.2, 0.25) is 0 Å². The highest BCUT2D eigenvalue weighted by Gasteiger charge is 2.88. The summed E-state index contributed by atoms with van der Waals surface area (Å²) in [6, 6.07) is 10.6. The number of benzene rings is 2. The van der Waals surface area contributed by atoms with Gasteiger partial charge >= 0.3 is 0 Å². The van der Waals surface area contributed by atoms with Gasteiger partial charge in [0.1, 0.15) is 15.8 Å². The zero-order valence-electron chi connectivity index (χ0n) is 19.4. The quantitative estimate of drug-likeness (QED) is 0.191. The minimum atomic E-state index is -2.16. The van der Waals surface area contributed by atoms with Gasteiger partial charge < -0.3 is 0 Å². The molecule has 2 fully saturated rings. The van der Waals surface area contributed by atoms with Gasteiger partial charge in [0.15, 0.2) is 10.1 Å². The second-order valence-corrected chi connectivity index (χ2v) is 13.4. The number of ketones is 1. The first-order valence-electron chi connectivity index (χ1n) is 11.2. The molecule has 0 aromatic heterocycles. The van der Waals surface area contributed by atoms with Crippen molar-refractivity contribution in [2.75, 3.05) is 0 Å². The highest BCUT2D eigenvalue weighted by Crippen LogP contribution is 2.77. The van der Waals surface area contributed by atoms with Crippen molar-refractivity contribution in [3.05, 3.63) is 79.8 Å². The molecule has 0 unspecified atom stereocenters. The fourth-order valence-electron chi connectivity index (χ4n) is 5.37. The fourth-order valence-corrected chi connectivity index (χ4v) is 8.79. The highest BCUT2D eigenvalue weighted by molar-refractivity contribution is 6.66. The molecule has 1 aliphatic heterocycles. The number of hydrogen-bond donors (Lipinski definition) is 0. The molecule has 1 saturated carbocycles. The zero-order valence-corrected chi connectivity index (χ0v) is 25.4. The molecule has 0 N–H and O–H groups in total. The number of nitrogens with zero attached hydrogens (tertiary/aromatic N) is 2. The van der Waals surface area contributed by atoms with Gasteiger partial charge in [-0.25, -0.2) is 5.01 Å². The minimum Gasteiger partial charge on any atom is -0.292 e. The smallest absolute Gasteiger partial charge is 0.275 e. The lowest BCUT2D eigenvalue weighted by Gasteiger charge is -2.38. The number of imide groups is 1. The average molecular weight is 690 g/mol. The molecular formula is C25H14Cl8N2O4. The fraction of sp³-hybridized carbons (Fsp3) is 0.280. The van der Waals surface area contributed by atoms with Crippen LogP contribution >= 0.6 is 92.8 Å². The van der Waals surface area contributed by atoms with E-state index in [0.717, 1.165) is 5.01 Å². The van der Waals surface area contributed by atoms with Crippen LogP contribution in [0.5, 0.6) is 0 Å². The first-order chi connectivity index (χ1) is 18.1. The number of amides is 3. The van der Waals surface area contributed by atoms with Crippen LogP contribution in [0.3, 0.4) is 0 Å². The topological polar surface area (TPSA) is 74.8 Å². The largest absolute Gasteiger partial charge is 0.292 e. The van der Waals surface area contributed by atoms with Crippen LogP contribution in [0.15, 0.2) is 58.6 Å². The van der Waals surface area contributed by atoms with Crippen molar-refractivity contribution < 1.29 is 19.2 Å². The molecule has 14 heteroatoms. The standard InChI is InChI=1S/C25H14Cl8N2O4/c1-10(17(36)11-5-3-2-4-6-11)34(20(37)13-8-7-12(26)9-14(13)27)35-21(38)15-16(22(35)39)24(31)19(29)18(28)23(15,30)25(24,32)33/h2-10,15-16H,1H3/t10-,15-,16+,23+,24+/m0/s1. The molecule has 2 aliphatic carbocycles. The normalized spacial score (nSPS) is 29.6. The number of rotatable bonds is 5. The van der Waals surface area contributed by atoms with Gasteiger partial charge in [0.25, 0.3) is 17.7 Å². The van der Waals surface area contributed by atoms with Crippen LogP contribution < -0.4 is 0 Å². The number of carbonyl (C=O) groups excluding carboxylic acids is 4. The number of alkyl halides is 4. The predicted octanol–water partition coefficient (Wildman–Crippen LogP) is 7.07. The lowest BCUT2D eigenvalue weighted by Crippen LogP contribution is -2.59. The summed E-state index contributed by atoms with van der Waals surface area (Å²) in [4.78, 5) is 51.3. The summed E-state index contributed by atoms with van der Waals surface area (Å²) >= 11 is 51.8. The Labute approximate surface area is 262 Å². The van der Waals surface area contributed by atoms with Crippen LogP contribution in [0.4, 0.5) is 0 Å². The third-order valence-corrected chi connectivity index (χ3v) is 12.1. The molecule has 204 valence electrons. The van der Waals surface area contributed by atoms with Gasteiger partial charge in [-0.3, -0.25) is 19.2 Å². The number of fused-ring (bicyclic) bond motifs is 5. The number of halogens is 8. The van der Waals surface area contributed by atoms with Gasteiger partial charge in [0, 0.05) is 10.6 Å². The zero-order chi connectivity index (χ0) is 28.8. The summed E-state index contributed by atoms with van der Waals surface area (Å²) in [5, 5.41) is 0.834. The molecule has 39 heavy (non-hydrogen) atoms. The summed E-state index contributed by atoms with van der Waals surface area (Å²) in [6.07, 6.45) is 0. The molecule has 1 saturated heterocycles. The van der Waals surface area contributed by atoms with Crippen molar-refractivity contribution in [2.45, 2.75) is 27.0 Å². The van der Waals surface area contributed by atoms with Crippen molar-refractivity contribution in [1.29, 1.82) is 0 Å². The van der Waals surface area contributed by atoms with Crippen molar-refractivity contribution in [3.8, 4) is 0 Å². The predicted molar refractivity (Wildman–Crippen MR) is 152 cm³/mol. The molecule has 5 rings (SSSR count). The first-order valence-corrected chi connectivity index (χ1v) is 14.2. The van der Waals surface area contributed by atoms with E-state index in [0.29, 0.717) is 5.01 Å². The molecule has 1 heterocycles. The van der Waals surface area contributed by atoms with E-state index >= 15 is 0 Å². The first kappa shape index (κ1) is 29.3. The van der Waals surface area contributed by atoms with E-state index in [-0.39, 0.29) is 31.2 Å². The highest BCUT2D eigenvalue weighted by atomic mass is 35.5. The van der Waals surface area contributed by atoms with E-state index in [1.54, 1.807) is 18.2 Å². The number of carbonyl (C=O) groups is 4. The second kappa shape index (κ2) is 9.67.